The zero-order valence-corrected chi connectivity index (χ0v) is 17.3. The molecule has 0 saturated heterocycles. The van der Waals surface area contributed by atoms with Crippen LogP contribution in [0, 0.1) is 19.3 Å². The van der Waals surface area contributed by atoms with Crippen molar-refractivity contribution < 1.29 is 19.3 Å². The van der Waals surface area contributed by atoms with Gasteiger partial charge in [-0.25, -0.2) is 15.0 Å². The molecule has 0 spiro atoms. The van der Waals surface area contributed by atoms with Gasteiger partial charge in [0.25, 0.3) is 5.91 Å². The van der Waals surface area contributed by atoms with Crippen molar-refractivity contribution in [3.8, 4) is 0 Å². The van der Waals surface area contributed by atoms with Gasteiger partial charge >= 0.3 is 13.0 Å². The van der Waals surface area contributed by atoms with E-state index in [0.29, 0.717) is 29.0 Å². The van der Waals surface area contributed by atoms with Crippen LogP contribution in [0.2, 0.25) is 0 Å². The molecule has 0 atom stereocenters. The predicted octanol–water partition coefficient (Wildman–Crippen LogP) is 1.14. The van der Waals surface area contributed by atoms with Crippen molar-refractivity contribution in [2.24, 2.45) is 5.41 Å². The fourth-order valence-electron chi connectivity index (χ4n) is 3.12. The Hall–Kier alpha value is -2.78. The number of rotatable bonds is 3. The molecule has 1 aromatic carbocycles. The number of carbonyl (C=O) groups is 2. The van der Waals surface area contributed by atoms with Crippen LogP contribution in [0.25, 0.3) is 0 Å². The minimum atomic E-state index is -1.05. The maximum atomic E-state index is 13.1. The molecule has 152 valence electrons. The second-order valence-corrected chi connectivity index (χ2v) is 8.44. The number of amides is 2. The largest absolute Gasteiger partial charge is 0.491 e. The molecule has 9 heteroatoms. The summed E-state index contributed by atoms with van der Waals surface area (Å²) in [6.07, 6.45) is 0. The standard InChI is InChI=1S/C20H25BN4O4/c1-12-8-13(2)23-17(22-12)19(27)25(11-20(3,4)5)24-18(26)14-6-7-15-10-29-21(28)16(15)9-14/h6-9,28H,10-11H2,1-5H3,(H,24,26). The van der Waals surface area contributed by atoms with E-state index in [4.69, 9.17) is 4.65 Å². The lowest BCUT2D eigenvalue weighted by Gasteiger charge is -2.29. The van der Waals surface area contributed by atoms with Gasteiger partial charge in [-0.1, -0.05) is 26.8 Å². The van der Waals surface area contributed by atoms with Gasteiger partial charge in [0.2, 0.25) is 5.82 Å². The third-order valence-electron chi connectivity index (χ3n) is 4.36. The number of carbonyl (C=O) groups excluding carboxylic acids is 2. The van der Waals surface area contributed by atoms with Crippen LogP contribution in [0.15, 0.2) is 24.3 Å². The third-order valence-corrected chi connectivity index (χ3v) is 4.36. The molecule has 1 aliphatic rings. The minimum Gasteiger partial charge on any atom is -0.423 e. The SMILES string of the molecule is Cc1cc(C)nc(C(=O)N(CC(C)(C)C)NC(=O)c2ccc3c(c2)B(O)OC3)n1. The van der Waals surface area contributed by atoms with Crippen LogP contribution >= 0.6 is 0 Å². The summed E-state index contributed by atoms with van der Waals surface area (Å²) >= 11 is 0. The van der Waals surface area contributed by atoms with E-state index in [2.05, 4.69) is 15.4 Å². The van der Waals surface area contributed by atoms with Crippen LogP contribution in [0.3, 0.4) is 0 Å². The van der Waals surface area contributed by atoms with E-state index in [1.54, 1.807) is 38.1 Å². The number of benzene rings is 1. The molecule has 1 aromatic heterocycles. The number of aromatic nitrogens is 2. The number of hydrogen-bond acceptors (Lipinski definition) is 6. The Morgan fingerprint density at radius 1 is 1.21 bits per heavy atom. The van der Waals surface area contributed by atoms with Gasteiger partial charge in [0, 0.05) is 23.5 Å². The Balaban J connectivity index is 1.86. The smallest absolute Gasteiger partial charge is 0.423 e. The molecule has 0 radical (unpaired) electrons. The van der Waals surface area contributed by atoms with Crippen molar-refractivity contribution >= 4 is 24.4 Å². The van der Waals surface area contributed by atoms with Gasteiger partial charge in [-0.15, -0.1) is 0 Å². The average Bonchev–Trinajstić information content (AvgIpc) is 2.99. The Kier molecular flexibility index (Phi) is 5.72. The quantitative estimate of drug-likeness (QED) is 0.596. The second kappa shape index (κ2) is 7.92. The van der Waals surface area contributed by atoms with Gasteiger partial charge in [-0.3, -0.25) is 15.0 Å². The van der Waals surface area contributed by atoms with E-state index in [1.165, 1.54) is 5.01 Å². The number of hydrogen-bond donors (Lipinski definition) is 2. The molecule has 2 amide bonds. The van der Waals surface area contributed by atoms with E-state index >= 15 is 0 Å². The highest BCUT2D eigenvalue weighted by atomic mass is 16.5. The maximum Gasteiger partial charge on any atom is 0.491 e. The third kappa shape index (κ3) is 4.99. The number of hydrazine groups is 1. The topological polar surface area (TPSA) is 105 Å². The molecule has 2 heterocycles. The molecule has 3 rings (SSSR count). The zero-order valence-electron chi connectivity index (χ0n) is 17.3. The Morgan fingerprint density at radius 3 is 2.48 bits per heavy atom. The molecule has 0 saturated carbocycles. The molecular formula is C20H25BN4O4. The van der Waals surface area contributed by atoms with E-state index in [9.17, 15) is 14.6 Å². The number of fused-ring (bicyclic) bond motifs is 1. The molecule has 8 nitrogen and oxygen atoms in total. The van der Waals surface area contributed by atoms with Crippen molar-refractivity contribution in [3.05, 3.63) is 52.6 Å². The summed E-state index contributed by atoms with van der Waals surface area (Å²) in [6, 6.07) is 6.74. The first kappa shape index (κ1) is 20.9. The van der Waals surface area contributed by atoms with Crippen molar-refractivity contribution in [3.63, 3.8) is 0 Å². The molecule has 0 bridgehead atoms. The highest BCUT2D eigenvalue weighted by Gasteiger charge is 2.30. The maximum absolute atomic E-state index is 13.1. The summed E-state index contributed by atoms with van der Waals surface area (Å²) in [4.78, 5) is 34.3. The second-order valence-electron chi connectivity index (χ2n) is 8.44. The molecule has 29 heavy (non-hydrogen) atoms. The van der Waals surface area contributed by atoms with Crippen molar-refractivity contribution in [1.29, 1.82) is 0 Å². The fourth-order valence-corrected chi connectivity index (χ4v) is 3.12. The first-order valence-electron chi connectivity index (χ1n) is 9.41. The van der Waals surface area contributed by atoms with Gasteiger partial charge in [-0.2, -0.15) is 0 Å². The summed E-state index contributed by atoms with van der Waals surface area (Å²) < 4.78 is 5.17. The van der Waals surface area contributed by atoms with Gasteiger partial charge < -0.3 is 9.68 Å². The van der Waals surface area contributed by atoms with Gasteiger partial charge in [0.05, 0.1) is 6.61 Å². The Bertz CT molecular complexity index is 938. The van der Waals surface area contributed by atoms with E-state index < -0.39 is 18.9 Å². The van der Waals surface area contributed by atoms with E-state index in [0.717, 1.165) is 5.56 Å². The Labute approximate surface area is 170 Å². The molecule has 2 aromatic rings. The monoisotopic (exact) mass is 396 g/mol. The summed E-state index contributed by atoms with van der Waals surface area (Å²) in [5.41, 5.74) is 5.47. The lowest BCUT2D eigenvalue weighted by Crippen LogP contribution is -2.50. The lowest BCUT2D eigenvalue weighted by molar-refractivity contribution is 0.0499. The van der Waals surface area contributed by atoms with E-state index in [-0.39, 0.29) is 17.8 Å². The minimum absolute atomic E-state index is 0.0322. The molecule has 0 fully saturated rings. The first-order valence-corrected chi connectivity index (χ1v) is 9.41. The van der Waals surface area contributed by atoms with Crippen molar-refractivity contribution in [2.45, 2.75) is 41.2 Å². The lowest BCUT2D eigenvalue weighted by atomic mass is 9.79. The van der Waals surface area contributed by atoms with Crippen LogP contribution in [0.1, 0.15) is 58.7 Å². The normalized spacial score (nSPS) is 13.2. The Morgan fingerprint density at radius 2 is 1.86 bits per heavy atom. The van der Waals surface area contributed by atoms with Crippen LogP contribution in [0.4, 0.5) is 0 Å². The van der Waals surface area contributed by atoms with E-state index in [1.807, 2.05) is 20.8 Å². The highest BCUT2D eigenvalue weighted by molar-refractivity contribution is 6.61. The molecule has 1 aliphatic heterocycles. The van der Waals surface area contributed by atoms with Crippen molar-refractivity contribution in [2.75, 3.05) is 6.54 Å². The summed E-state index contributed by atoms with van der Waals surface area (Å²) in [5, 5.41) is 11.1. The average molecular weight is 396 g/mol. The molecule has 0 unspecified atom stereocenters. The van der Waals surface area contributed by atoms with Crippen LogP contribution < -0.4 is 10.9 Å². The van der Waals surface area contributed by atoms with Gasteiger partial charge in [-0.05, 0) is 48.5 Å². The molecule has 0 aliphatic carbocycles. The highest BCUT2D eigenvalue weighted by Crippen LogP contribution is 2.17. The van der Waals surface area contributed by atoms with Crippen molar-refractivity contribution in [1.82, 2.24) is 20.4 Å². The molecular weight excluding hydrogens is 371 g/mol. The number of nitrogens with one attached hydrogen (secondary N) is 1. The van der Waals surface area contributed by atoms with Crippen LogP contribution in [-0.4, -0.2) is 45.5 Å². The number of nitrogens with zero attached hydrogens (tertiary/aromatic N) is 3. The first-order chi connectivity index (χ1) is 13.5. The fraction of sp³-hybridized carbons (Fsp3) is 0.400. The predicted molar refractivity (Wildman–Crippen MR) is 108 cm³/mol. The van der Waals surface area contributed by atoms with Gasteiger partial charge in [0.1, 0.15) is 0 Å². The molecule has 2 N–H and O–H groups in total. The number of aryl methyl sites for hydroxylation is 2. The summed E-state index contributed by atoms with van der Waals surface area (Å²) in [6.45, 7) is 10.0. The zero-order chi connectivity index (χ0) is 21.3. The van der Waals surface area contributed by atoms with Crippen LogP contribution in [-0.2, 0) is 11.3 Å². The summed E-state index contributed by atoms with van der Waals surface area (Å²) in [7, 11) is -1.05. The summed E-state index contributed by atoms with van der Waals surface area (Å²) in [5.74, 6) is -0.914. The van der Waals surface area contributed by atoms with Gasteiger partial charge in [0.15, 0.2) is 0 Å². The van der Waals surface area contributed by atoms with Crippen LogP contribution in [0.5, 0.6) is 0 Å².